The maximum absolute atomic E-state index is 13.4. The smallest absolute Gasteiger partial charge is 0.337 e. The number of hydrogen-bond donors (Lipinski definition) is 0. The summed E-state index contributed by atoms with van der Waals surface area (Å²) in [4.78, 5) is 0. The van der Waals surface area contributed by atoms with Crippen molar-refractivity contribution < 1.29 is 22.0 Å². The molecule has 18 heavy (non-hydrogen) atoms. The summed E-state index contributed by atoms with van der Waals surface area (Å²) in [7, 11) is 0.776. The monoisotopic (exact) mass is 278 g/mol. The second-order valence-electron chi connectivity index (χ2n) is 4.03. The zero-order valence-corrected chi connectivity index (χ0v) is 11.7. The van der Waals surface area contributed by atoms with Gasteiger partial charge in [0.25, 0.3) is 0 Å². The maximum Gasteiger partial charge on any atom is 0.337 e. The Morgan fingerprint density at radius 3 is 2.06 bits per heavy atom. The number of hydrogen-bond acceptors (Lipinski definition) is 2. The van der Waals surface area contributed by atoms with Crippen LogP contribution in [0.1, 0.15) is 12.5 Å². The Bertz CT molecular complexity index is 400. The van der Waals surface area contributed by atoms with Crippen molar-refractivity contribution in [1.29, 1.82) is 0 Å². The van der Waals surface area contributed by atoms with Crippen LogP contribution in [0.5, 0.6) is 0 Å². The molecule has 0 aromatic heterocycles. The molecule has 0 atom stereocenters. The summed E-state index contributed by atoms with van der Waals surface area (Å²) in [5.41, 5.74) is 0.147. The molecule has 0 fully saturated rings. The van der Waals surface area contributed by atoms with E-state index in [2.05, 4.69) is 0 Å². The summed E-state index contributed by atoms with van der Waals surface area (Å²) in [6, 6.07) is 2.67. The van der Waals surface area contributed by atoms with E-state index in [1.165, 1.54) is 0 Å². The largest absolute Gasteiger partial charge is 0.398 e. The number of aryl methyl sites for hydroxylation is 1. The summed E-state index contributed by atoms with van der Waals surface area (Å²) >= 11 is 0. The van der Waals surface area contributed by atoms with Gasteiger partial charge in [-0.2, -0.15) is 0 Å². The average Bonchev–Trinajstić information content (AvgIpc) is 2.37. The lowest BCUT2D eigenvalue weighted by atomic mass is 10.1. The minimum atomic E-state index is -2.34. The third-order valence-corrected chi connectivity index (χ3v) is 6.72. The van der Waals surface area contributed by atoms with Crippen LogP contribution in [0, 0.1) is 17.5 Å². The Morgan fingerprint density at radius 2 is 1.56 bits per heavy atom. The first kappa shape index (κ1) is 15.2. The van der Waals surface area contributed by atoms with Crippen LogP contribution in [-0.2, 0) is 15.3 Å². The Balaban J connectivity index is 2.83. The summed E-state index contributed by atoms with van der Waals surface area (Å²) < 4.78 is 50.0. The molecule has 1 aromatic carbocycles. The predicted molar refractivity (Wildman–Crippen MR) is 65.1 cm³/mol. The maximum atomic E-state index is 13.4. The number of rotatable bonds is 6. The van der Waals surface area contributed by atoms with E-state index in [-0.39, 0.29) is 12.0 Å². The first-order valence-electron chi connectivity index (χ1n) is 5.71. The summed E-state index contributed by atoms with van der Waals surface area (Å²) in [5.74, 6) is -2.95. The number of benzene rings is 1. The molecule has 0 unspecified atom stereocenters. The minimum Gasteiger partial charge on any atom is -0.398 e. The number of halogens is 3. The van der Waals surface area contributed by atoms with Crippen LogP contribution in [0.25, 0.3) is 0 Å². The van der Waals surface area contributed by atoms with Crippen LogP contribution in [-0.4, -0.2) is 22.8 Å². The van der Waals surface area contributed by atoms with E-state index in [0.717, 1.165) is 6.07 Å². The van der Waals surface area contributed by atoms with Crippen LogP contribution >= 0.6 is 0 Å². The van der Waals surface area contributed by atoms with Gasteiger partial charge in [-0.15, -0.1) is 0 Å². The van der Waals surface area contributed by atoms with Crippen LogP contribution in [0.2, 0.25) is 12.1 Å². The highest BCUT2D eigenvalue weighted by atomic mass is 28.4. The summed E-state index contributed by atoms with van der Waals surface area (Å²) in [6.45, 7) is 1.93. The van der Waals surface area contributed by atoms with E-state index in [4.69, 9.17) is 8.85 Å². The van der Waals surface area contributed by atoms with Gasteiger partial charge < -0.3 is 8.85 Å². The molecule has 0 N–H and O–H groups in total. The van der Waals surface area contributed by atoms with Crippen molar-refractivity contribution in [1.82, 2.24) is 0 Å². The quantitative estimate of drug-likeness (QED) is 0.586. The molecule has 0 aliphatic carbocycles. The molecule has 6 heteroatoms. The molecule has 0 aliphatic heterocycles. The minimum absolute atomic E-state index is 0.147. The second kappa shape index (κ2) is 6.35. The molecule has 2 nitrogen and oxygen atoms in total. The van der Waals surface area contributed by atoms with Gasteiger partial charge >= 0.3 is 8.56 Å². The fourth-order valence-corrected chi connectivity index (χ4v) is 3.99. The highest BCUT2D eigenvalue weighted by molar-refractivity contribution is 6.67. The first-order valence-corrected chi connectivity index (χ1v) is 7.94. The standard InChI is InChI=1S/C12H17F3O2Si/c1-4-18(16-2,17-3)6-5-9-7-11(14)12(15)8-10(9)13/h7-8H,4-6H2,1-3H3. The highest BCUT2D eigenvalue weighted by Crippen LogP contribution is 2.22. The predicted octanol–water partition coefficient (Wildman–Crippen LogP) is 3.40. The Labute approximate surface area is 106 Å². The molecule has 0 amide bonds. The van der Waals surface area contributed by atoms with Crippen LogP contribution in [0.3, 0.4) is 0 Å². The van der Waals surface area contributed by atoms with E-state index < -0.39 is 26.0 Å². The summed E-state index contributed by atoms with van der Waals surface area (Å²) in [6.07, 6.45) is 0.269. The molecule has 0 radical (unpaired) electrons. The average molecular weight is 278 g/mol. The lowest BCUT2D eigenvalue weighted by Crippen LogP contribution is -2.39. The van der Waals surface area contributed by atoms with Crippen LogP contribution in [0.15, 0.2) is 12.1 Å². The van der Waals surface area contributed by atoms with Gasteiger partial charge in [-0.1, -0.05) is 6.92 Å². The van der Waals surface area contributed by atoms with E-state index >= 15 is 0 Å². The van der Waals surface area contributed by atoms with Crippen molar-refractivity contribution in [3.63, 3.8) is 0 Å². The van der Waals surface area contributed by atoms with Crippen molar-refractivity contribution >= 4 is 8.56 Å². The zero-order valence-electron chi connectivity index (χ0n) is 10.7. The molecule has 0 spiro atoms. The summed E-state index contributed by atoms with van der Waals surface area (Å²) in [5, 5.41) is 0. The van der Waals surface area contributed by atoms with E-state index in [1.807, 2.05) is 6.92 Å². The fourth-order valence-electron chi connectivity index (χ4n) is 1.83. The van der Waals surface area contributed by atoms with E-state index in [9.17, 15) is 13.2 Å². The van der Waals surface area contributed by atoms with Gasteiger partial charge in [-0.05, 0) is 30.1 Å². The molecular weight excluding hydrogens is 261 g/mol. The topological polar surface area (TPSA) is 18.5 Å². The first-order chi connectivity index (χ1) is 8.48. The van der Waals surface area contributed by atoms with Gasteiger partial charge in [0.1, 0.15) is 5.82 Å². The van der Waals surface area contributed by atoms with Crippen molar-refractivity contribution in [2.75, 3.05) is 14.2 Å². The molecule has 0 saturated heterocycles. The highest BCUT2D eigenvalue weighted by Gasteiger charge is 2.33. The molecule has 102 valence electrons. The third kappa shape index (κ3) is 3.34. The third-order valence-electron chi connectivity index (χ3n) is 3.15. The lowest BCUT2D eigenvalue weighted by Gasteiger charge is -2.26. The molecule has 1 rings (SSSR count). The van der Waals surface area contributed by atoms with Gasteiger partial charge in [0.05, 0.1) is 0 Å². The van der Waals surface area contributed by atoms with Crippen molar-refractivity contribution in [3.8, 4) is 0 Å². The Hall–Kier alpha value is -0.853. The molecular formula is C12H17F3O2Si. The normalized spacial score (nSPS) is 11.9. The molecule has 0 aliphatic rings. The van der Waals surface area contributed by atoms with E-state index in [0.29, 0.717) is 18.2 Å². The lowest BCUT2D eigenvalue weighted by molar-refractivity contribution is 0.242. The fraction of sp³-hybridized carbons (Fsp3) is 0.500. The molecule has 0 heterocycles. The van der Waals surface area contributed by atoms with Crippen molar-refractivity contribution in [2.45, 2.75) is 25.4 Å². The Morgan fingerprint density at radius 1 is 1.00 bits per heavy atom. The van der Waals surface area contributed by atoms with Crippen LogP contribution in [0.4, 0.5) is 13.2 Å². The Kier molecular flexibility index (Phi) is 5.37. The van der Waals surface area contributed by atoms with Crippen molar-refractivity contribution in [2.24, 2.45) is 0 Å². The SMILES string of the molecule is CC[Si](CCc1cc(F)c(F)cc1F)(OC)OC. The molecule has 1 aromatic rings. The van der Waals surface area contributed by atoms with E-state index in [1.54, 1.807) is 14.2 Å². The molecule has 0 bridgehead atoms. The van der Waals surface area contributed by atoms with Gasteiger partial charge in [0, 0.05) is 20.3 Å². The molecule has 0 saturated carbocycles. The van der Waals surface area contributed by atoms with Gasteiger partial charge in [0.2, 0.25) is 0 Å². The zero-order chi connectivity index (χ0) is 13.8. The van der Waals surface area contributed by atoms with Gasteiger partial charge in [-0.3, -0.25) is 0 Å². The van der Waals surface area contributed by atoms with Crippen LogP contribution < -0.4 is 0 Å². The van der Waals surface area contributed by atoms with Gasteiger partial charge in [-0.25, -0.2) is 13.2 Å². The second-order valence-corrected chi connectivity index (χ2v) is 7.88. The van der Waals surface area contributed by atoms with Gasteiger partial charge in [0.15, 0.2) is 11.6 Å². The van der Waals surface area contributed by atoms with Crippen molar-refractivity contribution in [3.05, 3.63) is 35.1 Å².